The van der Waals surface area contributed by atoms with Gasteiger partial charge in [0.25, 0.3) is 0 Å². The van der Waals surface area contributed by atoms with Gasteiger partial charge in [0.05, 0.1) is 6.04 Å². The van der Waals surface area contributed by atoms with Crippen LogP contribution in [0.4, 0.5) is 5.13 Å². The second-order valence-corrected chi connectivity index (χ2v) is 8.81. The molecule has 0 bridgehead atoms. The summed E-state index contributed by atoms with van der Waals surface area (Å²) in [4.78, 5) is 15.2. The lowest BCUT2D eigenvalue weighted by atomic mass is 9.87. The number of fused-ring (bicyclic) bond motifs is 1. The minimum Gasteiger partial charge on any atom is -0.349 e. The third-order valence-corrected chi connectivity index (χ3v) is 7.05. The Hall–Kier alpha value is -2.67. The van der Waals surface area contributed by atoms with Crippen LogP contribution in [0.5, 0.6) is 0 Å². The zero-order valence-corrected chi connectivity index (χ0v) is 17.1. The molecule has 0 radical (unpaired) electrons. The Bertz CT molecular complexity index is 975. The van der Waals surface area contributed by atoms with Crippen molar-refractivity contribution in [1.29, 1.82) is 0 Å². The predicted octanol–water partition coefficient (Wildman–Crippen LogP) is 3.74. The van der Waals surface area contributed by atoms with Crippen molar-refractivity contribution in [2.45, 2.75) is 38.1 Å². The standard InChI is InChI=1S/C22H25N5OS/c28-20(23-19-9-5-7-16-6-1-2-8-18(16)19)17-10-14-27(15-11-17)22-25-24-21(29-22)26-12-3-4-13-26/h1-4,6,8,12-13,17,19H,5,7,9-11,14-15H2,(H,23,28)/t19-/m1/s1. The number of carbonyl (C=O) groups excluding carboxylic acids is 1. The van der Waals surface area contributed by atoms with Gasteiger partial charge in [0.15, 0.2) is 0 Å². The summed E-state index contributed by atoms with van der Waals surface area (Å²) in [5, 5.41) is 13.8. The first kappa shape index (κ1) is 18.4. The van der Waals surface area contributed by atoms with E-state index in [0.29, 0.717) is 0 Å². The average Bonchev–Trinajstić information content (AvgIpc) is 3.46. The highest BCUT2D eigenvalue weighted by atomic mass is 32.1. The lowest BCUT2D eigenvalue weighted by Crippen LogP contribution is -2.42. The molecule has 0 spiro atoms. The predicted molar refractivity (Wildman–Crippen MR) is 114 cm³/mol. The van der Waals surface area contributed by atoms with Gasteiger partial charge in [-0.05, 0) is 55.4 Å². The molecule has 0 saturated carbocycles. The number of rotatable bonds is 4. The van der Waals surface area contributed by atoms with Crippen LogP contribution in [-0.4, -0.2) is 33.8 Å². The summed E-state index contributed by atoms with van der Waals surface area (Å²) >= 11 is 1.59. The first-order valence-electron chi connectivity index (χ1n) is 10.4. The number of piperidine rings is 1. The normalized spacial score (nSPS) is 19.7. The molecule has 1 saturated heterocycles. The quantitative estimate of drug-likeness (QED) is 0.716. The number of amides is 1. The third kappa shape index (κ3) is 3.79. The Morgan fingerprint density at radius 3 is 2.59 bits per heavy atom. The molecule has 29 heavy (non-hydrogen) atoms. The number of hydrogen-bond donors (Lipinski definition) is 1. The van der Waals surface area contributed by atoms with Crippen molar-refractivity contribution >= 4 is 22.4 Å². The molecule has 1 amide bonds. The van der Waals surface area contributed by atoms with Crippen LogP contribution in [0.3, 0.4) is 0 Å². The maximum atomic E-state index is 12.9. The highest BCUT2D eigenvalue weighted by Crippen LogP contribution is 2.31. The summed E-state index contributed by atoms with van der Waals surface area (Å²) in [6.45, 7) is 1.69. The highest BCUT2D eigenvalue weighted by molar-refractivity contribution is 7.17. The molecule has 1 atom stereocenters. The minimum absolute atomic E-state index is 0.0807. The number of nitrogens with one attached hydrogen (secondary N) is 1. The van der Waals surface area contributed by atoms with Gasteiger partial charge in [-0.3, -0.25) is 9.36 Å². The lowest BCUT2D eigenvalue weighted by molar-refractivity contribution is -0.126. The van der Waals surface area contributed by atoms with Crippen molar-refractivity contribution in [3.8, 4) is 5.13 Å². The molecule has 0 unspecified atom stereocenters. The summed E-state index contributed by atoms with van der Waals surface area (Å²) in [7, 11) is 0. The Morgan fingerprint density at radius 1 is 1.00 bits per heavy atom. The number of anilines is 1. The second-order valence-electron chi connectivity index (χ2n) is 7.87. The molecule has 1 aromatic carbocycles. The van der Waals surface area contributed by atoms with Crippen molar-refractivity contribution in [2.24, 2.45) is 5.92 Å². The minimum atomic E-state index is 0.0807. The molecule has 1 aliphatic heterocycles. The van der Waals surface area contributed by atoms with Crippen LogP contribution in [0.1, 0.15) is 42.9 Å². The van der Waals surface area contributed by atoms with Crippen LogP contribution in [0.15, 0.2) is 48.8 Å². The van der Waals surface area contributed by atoms with Gasteiger partial charge in [-0.15, -0.1) is 10.2 Å². The smallest absolute Gasteiger partial charge is 0.223 e. The number of aromatic nitrogens is 3. The number of hydrogen-bond acceptors (Lipinski definition) is 5. The fourth-order valence-electron chi connectivity index (χ4n) is 4.43. The molecule has 2 aliphatic rings. The molecule has 5 rings (SSSR count). The molecule has 3 heterocycles. The van der Waals surface area contributed by atoms with E-state index in [1.54, 1.807) is 11.3 Å². The summed E-state index contributed by atoms with van der Waals surface area (Å²) < 4.78 is 1.98. The largest absolute Gasteiger partial charge is 0.349 e. The van der Waals surface area contributed by atoms with Crippen LogP contribution in [0.2, 0.25) is 0 Å². The first-order chi connectivity index (χ1) is 14.3. The van der Waals surface area contributed by atoms with Crippen molar-refractivity contribution in [1.82, 2.24) is 20.1 Å². The Morgan fingerprint density at radius 2 is 1.76 bits per heavy atom. The summed E-state index contributed by atoms with van der Waals surface area (Å²) in [6, 6.07) is 12.7. The molecule has 6 nitrogen and oxygen atoms in total. The van der Waals surface area contributed by atoms with Gasteiger partial charge in [-0.2, -0.15) is 0 Å². The molecule has 3 aromatic rings. The van der Waals surface area contributed by atoms with Gasteiger partial charge >= 0.3 is 0 Å². The van der Waals surface area contributed by atoms with Crippen LogP contribution in [0, 0.1) is 5.92 Å². The van der Waals surface area contributed by atoms with E-state index >= 15 is 0 Å². The Balaban J connectivity index is 1.19. The van der Waals surface area contributed by atoms with Crippen molar-refractivity contribution in [3.63, 3.8) is 0 Å². The van der Waals surface area contributed by atoms with Gasteiger partial charge < -0.3 is 10.2 Å². The van der Waals surface area contributed by atoms with Gasteiger partial charge in [0.2, 0.25) is 16.2 Å². The number of aryl methyl sites for hydroxylation is 1. The van der Waals surface area contributed by atoms with E-state index in [-0.39, 0.29) is 17.9 Å². The first-order valence-corrected chi connectivity index (χ1v) is 11.2. The average molecular weight is 408 g/mol. The molecular formula is C22H25N5OS. The molecule has 2 aromatic heterocycles. The van der Waals surface area contributed by atoms with Crippen LogP contribution in [0.25, 0.3) is 5.13 Å². The zero-order chi connectivity index (χ0) is 19.6. The molecule has 150 valence electrons. The van der Waals surface area contributed by atoms with E-state index in [1.165, 1.54) is 11.1 Å². The maximum absolute atomic E-state index is 12.9. The van der Waals surface area contributed by atoms with E-state index in [0.717, 1.165) is 55.5 Å². The van der Waals surface area contributed by atoms with E-state index in [9.17, 15) is 4.79 Å². The zero-order valence-electron chi connectivity index (χ0n) is 16.3. The number of nitrogens with zero attached hydrogens (tertiary/aromatic N) is 4. The summed E-state index contributed by atoms with van der Waals surface area (Å²) in [6.07, 6.45) is 8.97. The van der Waals surface area contributed by atoms with Gasteiger partial charge in [-0.25, -0.2) is 0 Å². The van der Waals surface area contributed by atoms with Gasteiger partial charge in [0.1, 0.15) is 0 Å². The Kier molecular flexibility index (Phi) is 5.06. The van der Waals surface area contributed by atoms with E-state index in [4.69, 9.17) is 0 Å². The Labute approximate surface area is 174 Å². The van der Waals surface area contributed by atoms with Crippen LogP contribution in [-0.2, 0) is 11.2 Å². The van der Waals surface area contributed by atoms with E-state index in [2.05, 4.69) is 44.7 Å². The fraction of sp³-hybridized carbons (Fsp3) is 0.409. The number of carbonyl (C=O) groups is 1. The maximum Gasteiger partial charge on any atom is 0.223 e. The molecular weight excluding hydrogens is 382 g/mol. The van der Waals surface area contributed by atoms with E-state index < -0.39 is 0 Å². The third-order valence-electron chi connectivity index (χ3n) is 6.05. The van der Waals surface area contributed by atoms with Gasteiger partial charge in [0, 0.05) is 31.4 Å². The van der Waals surface area contributed by atoms with Crippen molar-refractivity contribution < 1.29 is 4.79 Å². The van der Waals surface area contributed by atoms with Crippen LogP contribution >= 0.6 is 11.3 Å². The van der Waals surface area contributed by atoms with E-state index in [1.807, 2.05) is 29.1 Å². The number of benzene rings is 1. The SMILES string of the molecule is O=C(N[C@@H]1CCCc2ccccc21)C1CCN(c2nnc(-n3cccc3)s2)CC1. The monoisotopic (exact) mass is 407 g/mol. The lowest BCUT2D eigenvalue weighted by Gasteiger charge is -2.33. The van der Waals surface area contributed by atoms with Gasteiger partial charge in [-0.1, -0.05) is 35.6 Å². The molecule has 1 fully saturated rings. The van der Waals surface area contributed by atoms with Crippen molar-refractivity contribution in [2.75, 3.05) is 18.0 Å². The molecule has 1 aliphatic carbocycles. The highest BCUT2D eigenvalue weighted by Gasteiger charge is 2.29. The topological polar surface area (TPSA) is 63.1 Å². The fourth-order valence-corrected chi connectivity index (χ4v) is 5.29. The molecule has 1 N–H and O–H groups in total. The molecule has 7 heteroatoms. The summed E-state index contributed by atoms with van der Waals surface area (Å²) in [5.74, 6) is 0.286. The van der Waals surface area contributed by atoms with Crippen molar-refractivity contribution in [3.05, 3.63) is 59.9 Å². The van der Waals surface area contributed by atoms with Crippen LogP contribution < -0.4 is 10.2 Å². The summed E-state index contributed by atoms with van der Waals surface area (Å²) in [5.41, 5.74) is 2.68. The second kappa shape index (κ2) is 7.99.